The quantitative estimate of drug-likeness (QED) is 0.476. The number of piperazine rings is 1. The molecule has 0 bridgehead atoms. The Balaban J connectivity index is 0.000000187. The van der Waals surface area contributed by atoms with Crippen molar-refractivity contribution in [3.05, 3.63) is 0 Å². The average Bonchev–Trinajstić information content (AvgIpc) is 2.09. The van der Waals surface area contributed by atoms with Crippen LogP contribution in [0.25, 0.3) is 0 Å². The van der Waals surface area contributed by atoms with Crippen LogP contribution in [0.2, 0.25) is 0 Å². The Morgan fingerprint density at radius 1 is 1.27 bits per heavy atom. The van der Waals surface area contributed by atoms with Crippen LogP contribution in [0.15, 0.2) is 0 Å². The number of hydrogen-bond acceptors (Lipinski definition) is 3. The van der Waals surface area contributed by atoms with Crippen LogP contribution < -0.4 is 10.6 Å². The van der Waals surface area contributed by atoms with Crippen LogP contribution in [0.1, 0.15) is 0 Å². The number of carboxylic acids is 1. The third-order valence-corrected chi connectivity index (χ3v) is 1.30. The lowest BCUT2D eigenvalue weighted by molar-refractivity contribution is -0.134. The van der Waals surface area contributed by atoms with Gasteiger partial charge in [-0.2, -0.15) is 0 Å². The number of halogens is 1. The van der Waals surface area contributed by atoms with E-state index in [9.17, 15) is 4.79 Å². The molecule has 0 atom stereocenters. The van der Waals surface area contributed by atoms with Crippen LogP contribution >= 0.6 is 11.6 Å². The van der Waals surface area contributed by atoms with Crippen molar-refractivity contribution in [2.45, 2.75) is 0 Å². The van der Waals surface area contributed by atoms with Crippen LogP contribution in [0, 0.1) is 0 Å². The normalized spacial score (nSPS) is 16.5. The summed E-state index contributed by atoms with van der Waals surface area (Å²) in [7, 11) is 0. The van der Waals surface area contributed by atoms with Crippen LogP contribution in [-0.4, -0.2) is 43.1 Å². The molecule has 1 rings (SSSR count). The lowest BCUT2D eigenvalue weighted by atomic mass is 10.4. The molecule has 1 fully saturated rings. The van der Waals surface area contributed by atoms with Gasteiger partial charge in [-0.05, 0) is 0 Å². The molecule has 0 aromatic heterocycles. The smallest absolute Gasteiger partial charge is 0.318 e. The summed E-state index contributed by atoms with van der Waals surface area (Å²) in [5, 5.41) is 14.0. The van der Waals surface area contributed by atoms with Crippen molar-refractivity contribution < 1.29 is 9.90 Å². The fourth-order valence-corrected chi connectivity index (χ4v) is 0.604. The molecule has 0 radical (unpaired) electrons. The summed E-state index contributed by atoms with van der Waals surface area (Å²) in [5.74, 6) is -1.29. The molecule has 0 aromatic rings. The number of carboxylic acid groups (broad SMARTS) is 1. The van der Waals surface area contributed by atoms with Gasteiger partial charge in [0.15, 0.2) is 0 Å². The van der Waals surface area contributed by atoms with Crippen molar-refractivity contribution >= 4 is 17.6 Å². The minimum Gasteiger partial charge on any atom is -0.480 e. The van der Waals surface area contributed by atoms with Gasteiger partial charge in [-0.15, -0.1) is 11.6 Å². The summed E-state index contributed by atoms with van der Waals surface area (Å²) in [6.07, 6.45) is 0. The van der Waals surface area contributed by atoms with Crippen molar-refractivity contribution in [2.24, 2.45) is 0 Å². The van der Waals surface area contributed by atoms with E-state index in [1.807, 2.05) is 0 Å². The van der Waals surface area contributed by atoms with Gasteiger partial charge in [0.05, 0.1) is 0 Å². The first kappa shape index (κ1) is 10.7. The zero-order valence-electron chi connectivity index (χ0n) is 6.27. The predicted octanol–water partition coefficient (Wildman–Crippen LogP) is -0.511. The second kappa shape index (κ2) is 7.78. The van der Waals surface area contributed by atoms with Crippen LogP contribution in [0.5, 0.6) is 0 Å². The van der Waals surface area contributed by atoms with Gasteiger partial charge >= 0.3 is 5.97 Å². The highest BCUT2D eigenvalue weighted by molar-refractivity contribution is 6.26. The summed E-state index contributed by atoms with van der Waals surface area (Å²) in [6, 6.07) is 0. The molecule has 5 heteroatoms. The Bertz CT molecular complexity index is 95.2. The summed E-state index contributed by atoms with van der Waals surface area (Å²) >= 11 is 4.74. The van der Waals surface area contributed by atoms with Crippen LogP contribution in [0.3, 0.4) is 0 Å². The Kier molecular flexibility index (Phi) is 7.56. The molecular formula is C6H13ClN2O2. The molecule has 3 N–H and O–H groups in total. The highest BCUT2D eigenvalue weighted by Crippen LogP contribution is 1.67. The van der Waals surface area contributed by atoms with Crippen molar-refractivity contribution in [3.8, 4) is 0 Å². The van der Waals surface area contributed by atoms with Gasteiger partial charge in [-0.3, -0.25) is 4.79 Å². The van der Waals surface area contributed by atoms with Crippen molar-refractivity contribution in [1.29, 1.82) is 0 Å². The number of hydrogen-bond donors (Lipinski definition) is 3. The van der Waals surface area contributed by atoms with E-state index in [0.29, 0.717) is 0 Å². The van der Waals surface area contributed by atoms with Crippen molar-refractivity contribution in [2.75, 3.05) is 32.1 Å². The van der Waals surface area contributed by atoms with E-state index in [2.05, 4.69) is 10.6 Å². The maximum atomic E-state index is 9.24. The first-order valence-electron chi connectivity index (χ1n) is 3.46. The minimum atomic E-state index is -0.980. The average molecular weight is 181 g/mol. The number of rotatable bonds is 1. The molecule has 1 aliphatic rings. The molecule has 1 heterocycles. The molecule has 11 heavy (non-hydrogen) atoms. The Labute approximate surface area is 70.9 Å². The maximum Gasteiger partial charge on any atom is 0.318 e. The van der Waals surface area contributed by atoms with E-state index in [4.69, 9.17) is 16.7 Å². The van der Waals surface area contributed by atoms with E-state index >= 15 is 0 Å². The molecule has 0 amide bonds. The standard InChI is InChI=1S/C4H10N2.C2H3ClO2/c1-2-6-4-3-5-1;3-1-2(4)5/h5-6H,1-4H2;1H2,(H,4,5). The van der Waals surface area contributed by atoms with Gasteiger partial charge in [-0.1, -0.05) is 0 Å². The van der Waals surface area contributed by atoms with Gasteiger partial charge in [-0.25, -0.2) is 0 Å². The molecule has 0 saturated carbocycles. The second-order valence-electron chi connectivity index (χ2n) is 2.03. The van der Waals surface area contributed by atoms with Crippen molar-refractivity contribution in [1.82, 2.24) is 10.6 Å². The molecule has 66 valence electrons. The fourth-order valence-electron chi connectivity index (χ4n) is 0.604. The van der Waals surface area contributed by atoms with Gasteiger partial charge in [0.1, 0.15) is 5.88 Å². The van der Waals surface area contributed by atoms with E-state index in [1.54, 1.807) is 0 Å². The van der Waals surface area contributed by atoms with Gasteiger partial charge in [0.2, 0.25) is 0 Å². The van der Waals surface area contributed by atoms with Crippen molar-refractivity contribution in [3.63, 3.8) is 0 Å². The van der Waals surface area contributed by atoms with E-state index < -0.39 is 5.97 Å². The first-order valence-corrected chi connectivity index (χ1v) is 4.00. The number of alkyl halides is 1. The first-order chi connectivity index (χ1) is 5.27. The second-order valence-corrected chi connectivity index (χ2v) is 2.29. The molecule has 4 nitrogen and oxygen atoms in total. The molecule has 0 spiro atoms. The Morgan fingerprint density at radius 2 is 1.55 bits per heavy atom. The van der Waals surface area contributed by atoms with Gasteiger partial charge in [0, 0.05) is 26.2 Å². The Hall–Kier alpha value is -0.320. The van der Waals surface area contributed by atoms with E-state index in [1.165, 1.54) is 0 Å². The summed E-state index contributed by atoms with van der Waals surface area (Å²) in [5.41, 5.74) is 0. The molecule has 0 aliphatic carbocycles. The number of carbonyl (C=O) groups is 1. The zero-order valence-corrected chi connectivity index (χ0v) is 7.02. The van der Waals surface area contributed by atoms with Crippen LogP contribution in [-0.2, 0) is 4.79 Å². The summed E-state index contributed by atoms with van der Waals surface area (Å²) in [6.45, 7) is 4.56. The lowest BCUT2D eigenvalue weighted by Gasteiger charge is -2.11. The predicted molar refractivity (Wildman–Crippen MR) is 44.1 cm³/mol. The van der Waals surface area contributed by atoms with E-state index in [-0.39, 0.29) is 5.88 Å². The van der Waals surface area contributed by atoms with Crippen LogP contribution in [0.4, 0.5) is 0 Å². The topological polar surface area (TPSA) is 61.4 Å². The molecule has 1 saturated heterocycles. The molecule has 1 aliphatic heterocycles. The molecular weight excluding hydrogens is 168 g/mol. The molecule has 0 aromatic carbocycles. The SMILES string of the molecule is C1CNCCN1.O=C(O)CCl. The van der Waals surface area contributed by atoms with Gasteiger partial charge < -0.3 is 15.7 Å². The minimum absolute atomic E-state index is 0.306. The largest absolute Gasteiger partial charge is 0.480 e. The Morgan fingerprint density at radius 3 is 1.64 bits per heavy atom. The highest BCUT2D eigenvalue weighted by atomic mass is 35.5. The van der Waals surface area contributed by atoms with Gasteiger partial charge in [0.25, 0.3) is 0 Å². The summed E-state index contributed by atoms with van der Waals surface area (Å²) < 4.78 is 0. The maximum absolute atomic E-state index is 9.24. The van der Waals surface area contributed by atoms with E-state index in [0.717, 1.165) is 26.2 Å². The number of aliphatic carboxylic acids is 1. The summed E-state index contributed by atoms with van der Waals surface area (Å²) in [4.78, 5) is 9.24. The zero-order chi connectivity index (χ0) is 8.53. The lowest BCUT2D eigenvalue weighted by Crippen LogP contribution is -2.39. The highest BCUT2D eigenvalue weighted by Gasteiger charge is 1.91. The number of nitrogens with one attached hydrogen (secondary N) is 2. The third-order valence-electron chi connectivity index (χ3n) is 1.07. The monoisotopic (exact) mass is 180 g/mol. The molecule has 0 unspecified atom stereocenters. The third kappa shape index (κ3) is 9.68. The fraction of sp³-hybridized carbons (Fsp3) is 0.833.